The van der Waals surface area contributed by atoms with Gasteiger partial charge in [-0.3, -0.25) is 0 Å². The highest BCUT2D eigenvalue weighted by Crippen LogP contribution is 2.16. The van der Waals surface area contributed by atoms with Crippen LogP contribution >= 0.6 is 0 Å². The molecule has 1 heterocycles. The van der Waals surface area contributed by atoms with Crippen molar-refractivity contribution in [3.8, 4) is 0 Å². The van der Waals surface area contributed by atoms with Crippen molar-refractivity contribution in [1.82, 2.24) is 5.32 Å². The van der Waals surface area contributed by atoms with Crippen molar-refractivity contribution in [1.29, 1.82) is 0 Å². The first-order chi connectivity index (χ1) is 10.1. The lowest BCUT2D eigenvalue weighted by atomic mass is 10.2. The van der Waals surface area contributed by atoms with Crippen LogP contribution in [0, 0.1) is 5.92 Å². The summed E-state index contributed by atoms with van der Waals surface area (Å²) in [7, 11) is 0. The molecule has 5 heteroatoms. The summed E-state index contributed by atoms with van der Waals surface area (Å²) in [6.07, 6.45) is 0. The van der Waals surface area contributed by atoms with Crippen LogP contribution in [0.15, 0.2) is 29.3 Å². The fourth-order valence-electron chi connectivity index (χ4n) is 2.17. The van der Waals surface area contributed by atoms with Crippen LogP contribution in [0.5, 0.6) is 0 Å². The fourth-order valence-corrected chi connectivity index (χ4v) is 2.17. The van der Waals surface area contributed by atoms with E-state index in [0.29, 0.717) is 18.4 Å². The van der Waals surface area contributed by atoms with Crippen molar-refractivity contribution in [3.05, 3.63) is 29.8 Å². The van der Waals surface area contributed by atoms with Crippen LogP contribution in [-0.2, 0) is 11.3 Å². The third-order valence-corrected chi connectivity index (χ3v) is 3.44. The first-order valence-corrected chi connectivity index (χ1v) is 7.60. The summed E-state index contributed by atoms with van der Waals surface area (Å²) in [5, 5.41) is 3.12. The number of benzene rings is 1. The second kappa shape index (κ2) is 7.88. The SMILES string of the molecule is CC(C)CNC(N)=NCc1ccc(N2CCOCC2)cc1. The van der Waals surface area contributed by atoms with Crippen molar-refractivity contribution in [2.75, 3.05) is 37.7 Å². The number of hydrogen-bond acceptors (Lipinski definition) is 3. The number of nitrogens with one attached hydrogen (secondary N) is 1. The number of hydrogen-bond donors (Lipinski definition) is 2. The third kappa shape index (κ3) is 5.27. The van der Waals surface area contributed by atoms with Gasteiger partial charge in [0.15, 0.2) is 5.96 Å². The normalized spacial score (nSPS) is 16.3. The van der Waals surface area contributed by atoms with Crippen molar-refractivity contribution in [3.63, 3.8) is 0 Å². The zero-order chi connectivity index (χ0) is 15.1. The number of nitrogens with zero attached hydrogens (tertiary/aromatic N) is 2. The van der Waals surface area contributed by atoms with Crippen LogP contribution in [0.3, 0.4) is 0 Å². The maximum absolute atomic E-state index is 5.83. The van der Waals surface area contributed by atoms with Gasteiger partial charge in [0, 0.05) is 25.3 Å². The summed E-state index contributed by atoms with van der Waals surface area (Å²) >= 11 is 0. The van der Waals surface area contributed by atoms with Crippen LogP contribution in [0.2, 0.25) is 0 Å². The summed E-state index contributed by atoms with van der Waals surface area (Å²) < 4.78 is 5.37. The van der Waals surface area contributed by atoms with Gasteiger partial charge in [0.2, 0.25) is 0 Å². The molecule has 2 rings (SSSR count). The molecule has 0 saturated carbocycles. The highest BCUT2D eigenvalue weighted by Gasteiger charge is 2.10. The molecule has 3 N–H and O–H groups in total. The molecule has 0 bridgehead atoms. The zero-order valence-corrected chi connectivity index (χ0v) is 13.0. The van der Waals surface area contributed by atoms with E-state index in [-0.39, 0.29) is 0 Å². The molecule has 1 aromatic carbocycles. The number of nitrogens with two attached hydrogens (primary N) is 1. The van der Waals surface area contributed by atoms with E-state index in [9.17, 15) is 0 Å². The molecule has 5 nitrogen and oxygen atoms in total. The van der Waals surface area contributed by atoms with Gasteiger partial charge in [-0.2, -0.15) is 0 Å². The first-order valence-electron chi connectivity index (χ1n) is 7.60. The summed E-state index contributed by atoms with van der Waals surface area (Å²) in [6.45, 7) is 9.29. The molecule has 1 aliphatic rings. The molecule has 0 spiro atoms. The quantitative estimate of drug-likeness (QED) is 0.638. The van der Waals surface area contributed by atoms with Gasteiger partial charge in [-0.25, -0.2) is 4.99 Å². The molecule has 0 radical (unpaired) electrons. The Hall–Kier alpha value is -1.75. The van der Waals surface area contributed by atoms with E-state index in [0.717, 1.165) is 32.8 Å². The number of rotatable bonds is 5. The number of anilines is 1. The van der Waals surface area contributed by atoms with Gasteiger partial charge in [0.25, 0.3) is 0 Å². The molecule has 1 fully saturated rings. The second-order valence-electron chi connectivity index (χ2n) is 5.74. The highest BCUT2D eigenvalue weighted by molar-refractivity contribution is 5.77. The number of guanidine groups is 1. The molecule has 0 amide bonds. The van der Waals surface area contributed by atoms with E-state index in [4.69, 9.17) is 10.5 Å². The summed E-state index contributed by atoms with van der Waals surface area (Å²) in [6, 6.07) is 8.52. The maximum atomic E-state index is 5.83. The van der Waals surface area contributed by atoms with Crippen molar-refractivity contribution < 1.29 is 4.74 Å². The number of ether oxygens (including phenoxy) is 1. The summed E-state index contributed by atoms with van der Waals surface area (Å²) in [5.41, 5.74) is 8.25. The Morgan fingerprint density at radius 2 is 1.95 bits per heavy atom. The Balaban J connectivity index is 1.85. The Labute approximate surface area is 127 Å². The predicted molar refractivity (Wildman–Crippen MR) is 87.6 cm³/mol. The molecule has 21 heavy (non-hydrogen) atoms. The Morgan fingerprint density at radius 3 is 2.57 bits per heavy atom. The monoisotopic (exact) mass is 290 g/mol. The van der Waals surface area contributed by atoms with E-state index in [1.165, 1.54) is 11.3 Å². The van der Waals surface area contributed by atoms with Gasteiger partial charge < -0.3 is 20.7 Å². The van der Waals surface area contributed by atoms with Crippen molar-refractivity contribution >= 4 is 11.6 Å². The lowest BCUT2D eigenvalue weighted by molar-refractivity contribution is 0.122. The van der Waals surface area contributed by atoms with E-state index < -0.39 is 0 Å². The molecule has 1 saturated heterocycles. The van der Waals surface area contributed by atoms with E-state index >= 15 is 0 Å². The first kappa shape index (κ1) is 15.6. The molecule has 1 aliphatic heterocycles. The minimum atomic E-state index is 0.515. The Bertz CT molecular complexity index is 450. The minimum absolute atomic E-state index is 0.515. The molecule has 116 valence electrons. The van der Waals surface area contributed by atoms with Gasteiger partial charge in [-0.1, -0.05) is 26.0 Å². The lowest BCUT2D eigenvalue weighted by Gasteiger charge is -2.28. The average molecular weight is 290 g/mol. The summed E-state index contributed by atoms with van der Waals surface area (Å²) in [4.78, 5) is 6.70. The average Bonchev–Trinajstić information content (AvgIpc) is 2.52. The summed E-state index contributed by atoms with van der Waals surface area (Å²) in [5.74, 6) is 1.08. The molecule has 0 unspecified atom stereocenters. The number of aliphatic imine (C=N–C) groups is 1. The zero-order valence-electron chi connectivity index (χ0n) is 13.0. The van der Waals surface area contributed by atoms with Crippen LogP contribution in [0.1, 0.15) is 19.4 Å². The molecular weight excluding hydrogens is 264 g/mol. The molecule has 0 aromatic heterocycles. The Kier molecular flexibility index (Phi) is 5.87. The van der Waals surface area contributed by atoms with Crippen LogP contribution in [0.25, 0.3) is 0 Å². The van der Waals surface area contributed by atoms with Gasteiger partial charge in [-0.15, -0.1) is 0 Å². The van der Waals surface area contributed by atoms with E-state index in [2.05, 4.69) is 53.3 Å². The maximum Gasteiger partial charge on any atom is 0.188 e. The van der Waals surface area contributed by atoms with E-state index in [1.54, 1.807) is 0 Å². The minimum Gasteiger partial charge on any atom is -0.378 e. The topological polar surface area (TPSA) is 62.9 Å². The van der Waals surface area contributed by atoms with Gasteiger partial charge >= 0.3 is 0 Å². The Morgan fingerprint density at radius 1 is 1.29 bits per heavy atom. The molecule has 0 atom stereocenters. The van der Waals surface area contributed by atoms with E-state index in [1.807, 2.05) is 0 Å². The molecular formula is C16H26N4O. The highest BCUT2D eigenvalue weighted by atomic mass is 16.5. The molecule has 0 aliphatic carbocycles. The van der Waals surface area contributed by atoms with Crippen molar-refractivity contribution in [2.24, 2.45) is 16.6 Å². The number of morpholine rings is 1. The van der Waals surface area contributed by atoms with Gasteiger partial charge in [0.05, 0.1) is 19.8 Å². The fraction of sp³-hybridized carbons (Fsp3) is 0.562. The van der Waals surface area contributed by atoms with Crippen LogP contribution < -0.4 is 16.0 Å². The lowest BCUT2D eigenvalue weighted by Crippen LogP contribution is -2.36. The van der Waals surface area contributed by atoms with Gasteiger partial charge in [-0.05, 0) is 23.6 Å². The standard InChI is InChI=1S/C16H26N4O/c1-13(2)11-18-16(17)19-12-14-3-5-15(6-4-14)20-7-9-21-10-8-20/h3-6,13H,7-12H2,1-2H3,(H3,17,18,19). The van der Waals surface area contributed by atoms with Crippen molar-refractivity contribution in [2.45, 2.75) is 20.4 Å². The third-order valence-electron chi connectivity index (χ3n) is 3.44. The smallest absolute Gasteiger partial charge is 0.188 e. The largest absolute Gasteiger partial charge is 0.378 e. The van der Waals surface area contributed by atoms with Gasteiger partial charge in [0.1, 0.15) is 0 Å². The van der Waals surface area contributed by atoms with Crippen LogP contribution in [-0.4, -0.2) is 38.8 Å². The van der Waals surface area contributed by atoms with Crippen LogP contribution in [0.4, 0.5) is 5.69 Å². The molecule has 1 aromatic rings. The second-order valence-corrected chi connectivity index (χ2v) is 5.74. The predicted octanol–water partition coefficient (Wildman–Crippen LogP) is 1.58.